The van der Waals surface area contributed by atoms with Crippen LogP contribution in [0.25, 0.3) is 61.0 Å². The molecule has 7 aliphatic rings. The van der Waals surface area contributed by atoms with Gasteiger partial charge in [0.15, 0.2) is 0 Å². The lowest BCUT2D eigenvalue weighted by atomic mass is 9.86. The molecule has 12 bridgehead atoms. The molecule has 0 fully saturated rings. The Morgan fingerprint density at radius 1 is 0.544 bits per heavy atom. The zero-order valence-corrected chi connectivity index (χ0v) is 38.9. The van der Waals surface area contributed by atoms with Crippen LogP contribution in [0.15, 0.2) is 194 Å². The van der Waals surface area contributed by atoms with Gasteiger partial charge in [-0.15, -0.1) is 0 Å². The van der Waals surface area contributed by atoms with Crippen LogP contribution in [0.5, 0.6) is 23.0 Å². The Bertz CT molecular complexity index is 3630. The number of benzene rings is 8. The van der Waals surface area contributed by atoms with Gasteiger partial charge in [-0.2, -0.15) is 0 Å². The molecule has 9 heterocycles. The summed E-state index contributed by atoms with van der Waals surface area (Å²) in [5, 5.41) is 2.12. The van der Waals surface area contributed by atoms with Crippen LogP contribution >= 0.6 is 0 Å². The molecule has 6 nitrogen and oxygen atoms in total. The highest BCUT2D eigenvalue weighted by molar-refractivity contribution is 6.09. The first-order valence-corrected chi connectivity index (χ1v) is 23.5. The van der Waals surface area contributed by atoms with Crippen LogP contribution in [-0.4, -0.2) is 16.2 Å². The SMILES string of the molecule is [2H]C([2H])(c1cc2ncc1-c1ccc(cc1)Oc1ccc(cc1)-c1cccc(-c3ccccc3)c1N1CN(c3cc(cc(C(C)(C)C)c3)Oc3ccc4c5ccccc5n-2c4c3)c2ccccc21)C(C)C. The second kappa shape index (κ2) is 16.4. The number of rotatable bonds is 3. The van der Waals surface area contributed by atoms with Crippen LogP contribution in [0.1, 0.15) is 48.5 Å². The number of hydrogen-bond donors (Lipinski definition) is 0. The Balaban J connectivity index is 1.09. The number of anilines is 4. The van der Waals surface area contributed by atoms with Crippen LogP contribution in [0.2, 0.25) is 0 Å². The minimum absolute atomic E-state index is 0.189. The molecule has 0 N–H and O–H groups in total. The Labute approximate surface area is 401 Å². The summed E-state index contributed by atoms with van der Waals surface area (Å²) in [6.07, 6.45) is 0.144. The van der Waals surface area contributed by atoms with Crippen molar-refractivity contribution in [3.05, 3.63) is 205 Å². The Morgan fingerprint density at radius 3 is 1.85 bits per heavy atom. The topological polar surface area (TPSA) is 42.8 Å². The smallest absolute Gasteiger partial charge is 0.137 e. The number of aromatic nitrogens is 2. The van der Waals surface area contributed by atoms with Gasteiger partial charge in [0.1, 0.15) is 35.5 Å². The van der Waals surface area contributed by atoms with Crippen molar-refractivity contribution in [2.45, 2.75) is 46.4 Å². The summed E-state index contributed by atoms with van der Waals surface area (Å²) in [7, 11) is 0. The molecule has 68 heavy (non-hydrogen) atoms. The van der Waals surface area contributed by atoms with Crippen molar-refractivity contribution in [1.82, 2.24) is 9.55 Å². The van der Waals surface area contributed by atoms with E-state index >= 15 is 0 Å². The third kappa shape index (κ3) is 7.33. The normalized spacial score (nSPS) is 13.7. The second-order valence-electron chi connectivity index (χ2n) is 19.2. The summed E-state index contributed by atoms with van der Waals surface area (Å²) in [5.74, 6) is 3.12. The van der Waals surface area contributed by atoms with Gasteiger partial charge >= 0.3 is 0 Å². The van der Waals surface area contributed by atoms with E-state index in [9.17, 15) is 2.74 Å². The first-order chi connectivity index (χ1) is 33.9. The predicted octanol–water partition coefficient (Wildman–Crippen LogP) is 16.8. The molecule has 0 saturated carbocycles. The summed E-state index contributed by atoms with van der Waals surface area (Å²) in [5.41, 5.74) is 13.8. The summed E-state index contributed by atoms with van der Waals surface area (Å²) in [4.78, 5) is 9.98. The standard InChI is InChI=1S/C62H52N4O2/c1-40(2)32-44-33-60-63-38-55(44)43-24-28-48(29-25-43)67-47-26-22-42(23-27-47)52-18-13-17-51(41-14-7-6-8-15-41)61(52)65-39-64(57-20-11-12-21-58(57)65)46-34-45(62(3,4)5)35-50(36-46)68-49-30-31-54-53-16-9-10-19-56(53)66(60)59(54)37-49/h6-31,33-38,40H,32,39H2,1-5H3/i32D2. The van der Waals surface area contributed by atoms with Gasteiger partial charge in [0.25, 0.3) is 0 Å². The van der Waals surface area contributed by atoms with E-state index in [1.54, 1.807) is 0 Å². The number of nitrogens with zero attached hydrogens (tertiary/aromatic N) is 4. The van der Waals surface area contributed by atoms with Crippen LogP contribution in [0, 0.1) is 5.92 Å². The molecule has 0 unspecified atom stereocenters. The zero-order chi connectivity index (χ0) is 47.9. The molecule has 0 amide bonds. The van der Waals surface area contributed by atoms with E-state index in [0.29, 0.717) is 35.3 Å². The number of pyridine rings is 1. The van der Waals surface area contributed by atoms with Gasteiger partial charge < -0.3 is 19.3 Å². The van der Waals surface area contributed by atoms with Crippen LogP contribution in [0.3, 0.4) is 0 Å². The fourth-order valence-corrected chi connectivity index (χ4v) is 9.94. The van der Waals surface area contributed by atoms with E-state index in [2.05, 4.69) is 169 Å². The van der Waals surface area contributed by atoms with Crippen LogP contribution in [0.4, 0.5) is 22.7 Å². The second-order valence-corrected chi connectivity index (χ2v) is 19.2. The third-order valence-electron chi connectivity index (χ3n) is 13.2. The maximum Gasteiger partial charge on any atom is 0.137 e. The molecule has 0 radical (unpaired) electrons. The van der Waals surface area contributed by atoms with E-state index in [1.165, 1.54) is 0 Å². The van der Waals surface area contributed by atoms with Crippen molar-refractivity contribution >= 4 is 44.6 Å². The summed E-state index contributed by atoms with van der Waals surface area (Å²) < 4.78 is 34.7. The van der Waals surface area contributed by atoms with Gasteiger partial charge in [-0.1, -0.05) is 138 Å². The molecular weight excluding hydrogens is 833 g/mol. The van der Waals surface area contributed by atoms with Crippen molar-refractivity contribution in [2.75, 3.05) is 16.5 Å². The minimum atomic E-state index is -1.68. The van der Waals surface area contributed by atoms with E-state index < -0.39 is 6.37 Å². The number of fused-ring (bicyclic) bond motifs is 3. The maximum absolute atomic E-state index is 9.51. The number of para-hydroxylation sites is 4. The molecule has 7 aliphatic heterocycles. The van der Waals surface area contributed by atoms with Gasteiger partial charge in [0.2, 0.25) is 0 Å². The molecule has 0 atom stereocenters. The molecule has 0 saturated heterocycles. The van der Waals surface area contributed by atoms with Gasteiger partial charge in [-0.25, -0.2) is 4.98 Å². The van der Waals surface area contributed by atoms with E-state index in [-0.39, 0.29) is 11.3 Å². The highest BCUT2D eigenvalue weighted by atomic mass is 16.5. The van der Waals surface area contributed by atoms with Crippen molar-refractivity contribution in [1.29, 1.82) is 0 Å². The fraction of sp³-hybridized carbons (Fsp3) is 0.145. The molecule has 8 aromatic carbocycles. The lowest BCUT2D eigenvalue weighted by Gasteiger charge is -2.28. The Kier molecular flexibility index (Phi) is 9.41. The molecule has 332 valence electrons. The Morgan fingerprint density at radius 2 is 1.15 bits per heavy atom. The quantitative estimate of drug-likeness (QED) is 0.177. The molecule has 0 aliphatic carbocycles. The van der Waals surface area contributed by atoms with E-state index in [4.69, 9.17) is 14.5 Å². The average Bonchev–Trinajstić information content (AvgIpc) is 3.92. The molecular formula is C62H52N4O2. The van der Waals surface area contributed by atoms with Crippen LogP contribution in [-0.2, 0) is 11.8 Å². The lowest BCUT2D eigenvalue weighted by Crippen LogP contribution is -2.25. The monoisotopic (exact) mass is 886 g/mol. The highest BCUT2D eigenvalue weighted by Crippen LogP contribution is 2.51. The van der Waals surface area contributed by atoms with Crippen molar-refractivity contribution in [3.8, 4) is 62.2 Å². The number of hydrogen-bond acceptors (Lipinski definition) is 5. The van der Waals surface area contributed by atoms with Gasteiger partial charge in [-0.3, -0.25) is 4.57 Å². The largest absolute Gasteiger partial charge is 0.457 e. The van der Waals surface area contributed by atoms with Gasteiger partial charge in [0.05, 0.1) is 28.1 Å². The van der Waals surface area contributed by atoms with Crippen molar-refractivity contribution < 1.29 is 12.2 Å². The van der Waals surface area contributed by atoms with Crippen LogP contribution < -0.4 is 19.3 Å². The molecule has 10 aromatic rings. The molecule has 2 aromatic heterocycles. The maximum atomic E-state index is 9.51. The average molecular weight is 887 g/mol. The van der Waals surface area contributed by atoms with Crippen molar-refractivity contribution in [3.63, 3.8) is 0 Å². The summed E-state index contributed by atoms with van der Waals surface area (Å²) >= 11 is 0. The summed E-state index contributed by atoms with van der Waals surface area (Å²) in [6.45, 7) is 11.2. The lowest BCUT2D eigenvalue weighted by molar-refractivity contribution is 0.479. The molecule has 6 heteroatoms. The molecule has 0 spiro atoms. The zero-order valence-electron chi connectivity index (χ0n) is 40.9. The number of ether oxygens (including phenoxy) is 2. The first kappa shape index (κ1) is 39.1. The Hall–Kier alpha value is -8.09. The predicted molar refractivity (Wildman–Crippen MR) is 281 cm³/mol. The van der Waals surface area contributed by atoms with Gasteiger partial charge in [-0.05, 0) is 118 Å². The molecule has 17 rings (SSSR count). The fourth-order valence-electron chi connectivity index (χ4n) is 9.94. The summed E-state index contributed by atoms with van der Waals surface area (Å²) in [6, 6.07) is 65.3. The van der Waals surface area contributed by atoms with Gasteiger partial charge in [0, 0.05) is 54.2 Å². The van der Waals surface area contributed by atoms with E-state index in [1.807, 2.05) is 74.6 Å². The van der Waals surface area contributed by atoms with E-state index in [0.717, 1.165) is 89.2 Å². The first-order valence-electron chi connectivity index (χ1n) is 24.5. The van der Waals surface area contributed by atoms with Crippen molar-refractivity contribution in [2.24, 2.45) is 5.92 Å². The highest BCUT2D eigenvalue weighted by Gasteiger charge is 2.32. The third-order valence-corrected chi connectivity index (χ3v) is 13.2. The minimum Gasteiger partial charge on any atom is -0.457 e.